The van der Waals surface area contributed by atoms with Crippen LogP contribution in [0.25, 0.3) is 21.1 Å². The van der Waals surface area contributed by atoms with Crippen molar-refractivity contribution in [2.45, 2.75) is 62.3 Å². The summed E-state index contributed by atoms with van der Waals surface area (Å²) >= 11 is 10.4. The fourth-order valence-electron chi connectivity index (χ4n) is 4.88. The van der Waals surface area contributed by atoms with Gasteiger partial charge >= 0.3 is 36.8 Å². The number of esters is 2. The first kappa shape index (κ1) is 65.7. The largest absolute Gasteiger partial charge is 1.00 e. The number of ether oxygens (including phenoxy) is 2. The number of carbonyl (C=O) groups is 4. The van der Waals surface area contributed by atoms with Crippen LogP contribution in [0.4, 0.5) is 0 Å². The van der Waals surface area contributed by atoms with E-state index in [1.807, 2.05) is 125 Å². The number of thiocarbonyl (C=S) groups is 1. The van der Waals surface area contributed by atoms with Crippen molar-refractivity contribution >= 4 is 79.5 Å². The van der Waals surface area contributed by atoms with Crippen LogP contribution in [-0.2, 0) is 19.1 Å². The number of hydrogen-bond acceptors (Lipinski definition) is 14. The van der Waals surface area contributed by atoms with Crippen molar-refractivity contribution in [2.24, 2.45) is 5.73 Å². The van der Waals surface area contributed by atoms with Crippen molar-refractivity contribution in [3.8, 4) is 27.2 Å². The molecule has 0 aliphatic rings. The molecular formula is C51H61BrLiN5O8S3. The number of thiazole rings is 2. The van der Waals surface area contributed by atoms with E-state index in [4.69, 9.17) is 33.1 Å². The number of aromatic carboxylic acids is 1. The second-order valence-corrected chi connectivity index (χ2v) is 16.7. The number of aryl methyl sites for hydroxylation is 4. The standard InChI is InChI=1S/C13H13NO2S.C11H9NO2S.C8H9NS.C8H7N.C6H15N.C5H7BrO3.Li.H2O/c1-3-16-13(15)11-8-17-12(14-11)10-6-4-9(2)5-7-10;1-7-2-4-8(5-3-7)10-12-9(6-15-10)11(13)14;1-6-2-4-7(5-3-6)8(9)10;1-7-2-4-8(6-9)5-3-7;1-4-7(5-2)6-3;1-2-9-5(8)4(7)3-6;;/h4-8H,3H2,1-2H3;2-6H,1H3,(H,13,14);2-5H,1H3,(H2,9,10);2-5H,1H3;4-6H2,1-3H3;2-3H2,1H3;;1H2/q;;;;;;+1;/p-1. The summed E-state index contributed by atoms with van der Waals surface area (Å²) in [5.74, 6) is -2.65. The Hall–Kier alpha value is -5.40. The van der Waals surface area contributed by atoms with Gasteiger partial charge in [-0.05, 0) is 73.3 Å². The number of aromatic nitrogens is 2. The number of hydrogen-bond donors (Lipinski definition) is 2. The summed E-state index contributed by atoms with van der Waals surface area (Å²) in [6.07, 6.45) is 0. The molecule has 0 aliphatic carbocycles. The minimum absolute atomic E-state index is 0. The molecule has 6 aromatic rings. The van der Waals surface area contributed by atoms with Crippen LogP contribution < -0.4 is 24.6 Å². The first-order chi connectivity index (χ1) is 32.0. The number of carboxylic acid groups (broad SMARTS) is 1. The van der Waals surface area contributed by atoms with Gasteiger partial charge in [-0.3, -0.25) is 4.79 Å². The average Bonchev–Trinajstić information content (AvgIpc) is 4.04. The SMILES string of the molecule is CCN(CC)CC.CCOC(=O)C(=O)CBr.CCOC(=O)c1csc(-c2ccc(C)cc2)n1.Cc1ccc(-c2nc(C(=O)O)cs2)cc1.Cc1ccc(C#N)cc1.Cc1ccc(C(N)=S)cc1.[Li+].[OH-]. The first-order valence-electron chi connectivity index (χ1n) is 21.2. The Morgan fingerprint density at radius 2 is 1.06 bits per heavy atom. The molecule has 0 atom stereocenters. The summed E-state index contributed by atoms with van der Waals surface area (Å²) in [6.45, 7) is 22.3. The Balaban J connectivity index is 0. The van der Waals surface area contributed by atoms with Crippen molar-refractivity contribution in [3.63, 3.8) is 0 Å². The number of carbonyl (C=O) groups excluding carboxylic acids is 3. The number of nitrogens with two attached hydrogens (primary N) is 1. The summed E-state index contributed by atoms with van der Waals surface area (Å²) in [7, 11) is 0. The summed E-state index contributed by atoms with van der Waals surface area (Å²) in [5.41, 5.74) is 14.3. The molecule has 2 heterocycles. The molecule has 6 rings (SSSR count). The maximum Gasteiger partial charge on any atom is 1.00 e. The number of nitrogens with zero attached hydrogens (tertiary/aromatic N) is 4. The molecule has 18 heteroatoms. The number of benzene rings is 4. The molecule has 69 heavy (non-hydrogen) atoms. The Labute approximate surface area is 440 Å². The molecule has 0 saturated carbocycles. The van der Waals surface area contributed by atoms with Gasteiger partial charge in [-0.2, -0.15) is 5.26 Å². The topological polar surface area (TPSA) is 216 Å². The van der Waals surface area contributed by atoms with Crippen molar-refractivity contribution in [1.29, 1.82) is 5.26 Å². The van der Waals surface area contributed by atoms with E-state index < -0.39 is 17.7 Å². The average molecular weight is 1060 g/mol. The molecule has 0 saturated heterocycles. The molecule has 0 unspecified atom stereocenters. The van der Waals surface area contributed by atoms with Gasteiger partial charge in [0.15, 0.2) is 11.4 Å². The Morgan fingerprint density at radius 1 is 0.681 bits per heavy atom. The third-order valence-electron chi connectivity index (χ3n) is 8.79. The first-order valence-corrected chi connectivity index (χ1v) is 24.5. The number of Topliss-reactive ketones (excluding diaryl/α,β-unsaturated/α-hetero) is 1. The van der Waals surface area contributed by atoms with E-state index in [1.54, 1.807) is 24.6 Å². The molecule has 4 N–H and O–H groups in total. The van der Waals surface area contributed by atoms with Gasteiger partial charge in [0.1, 0.15) is 15.0 Å². The van der Waals surface area contributed by atoms with E-state index in [0.29, 0.717) is 17.3 Å². The monoisotopic (exact) mass is 1050 g/mol. The second-order valence-electron chi connectivity index (χ2n) is 13.9. The molecule has 0 aliphatic heterocycles. The van der Waals surface area contributed by atoms with Gasteiger partial charge in [0.05, 0.1) is 30.2 Å². The van der Waals surface area contributed by atoms with E-state index in [1.165, 1.54) is 64.6 Å². The Morgan fingerprint density at radius 3 is 1.38 bits per heavy atom. The van der Waals surface area contributed by atoms with Crippen molar-refractivity contribution in [1.82, 2.24) is 14.9 Å². The van der Waals surface area contributed by atoms with E-state index in [-0.39, 0.29) is 47.9 Å². The van der Waals surface area contributed by atoms with Gasteiger partial charge in [0.2, 0.25) is 5.78 Å². The van der Waals surface area contributed by atoms with E-state index in [9.17, 15) is 19.2 Å². The van der Waals surface area contributed by atoms with Gasteiger partial charge < -0.3 is 30.7 Å². The van der Waals surface area contributed by atoms with Crippen LogP contribution in [0.2, 0.25) is 0 Å². The van der Waals surface area contributed by atoms with Crippen molar-refractivity contribution < 1.29 is 58.1 Å². The zero-order valence-corrected chi connectivity index (χ0v) is 45.0. The summed E-state index contributed by atoms with van der Waals surface area (Å²) in [6, 6.07) is 33.3. The predicted octanol–water partition coefficient (Wildman–Crippen LogP) is 8.30. The third-order valence-corrected chi connectivity index (χ3v) is 11.3. The molecule has 0 fully saturated rings. The van der Waals surface area contributed by atoms with Gasteiger partial charge in [0.25, 0.3) is 0 Å². The van der Waals surface area contributed by atoms with Crippen LogP contribution in [-0.4, -0.2) is 92.3 Å². The minimum Gasteiger partial charge on any atom is -0.870 e. The van der Waals surface area contributed by atoms with Crippen LogP contribution in [0.1, 0.15) is 89.0 Å². The fraction of sp³-hybridized carbons (Fsp3) is 0.294. The molecule has 0 bridgehead atoms. The molecule has 0 spiro atoms. The minimum atomic E-state index is -0.982. The van der Waals surface area contributed by atoms with Gasteiger partial charge in [-0.15, -0.1) is 22.7 Å². The van der Waals surface area contributed by atoms with Crippen molar-refractivity contribution in [2.75, 3.05) is 38.2 Å². The number of nitriles is 1. The quantitative estimate of drug-likeness (QED) is 0.0388. The third kappa shape index (κ3) is 26.8. The fourth-order valence-corrected chi connectivity index (χ4v) is 6.85. The van der Waals surface area contributed by atoms with Gasteiger partial charge in [0, 0.05) is 27.5 Å². The van der Waals surface area contributed by atoms with Gasteiger partial charge in [-0.25, -0.2) is 24.4 Å². The van der Waals surface area contributed by atoms with E-state index in [2.05, 4.69) is 62.4 Å². The summed E-state index contributed by atoms with van der Waals surface area (Å²) in [5, 5.41) is 22.0. The van der Waals surface area contributed by atoms with Crippen molar-refractivity contribution in [3.05, 3.63) is 153 Å². The smallest absolute Gasteiger partial charge is 0.870 e. The molecule has 2 aromatic heterocycles. The van der Waals surface area contributed by atoms with Crippen LogP contribution in [0.15, 0.2) is 108 Å². The summed E-state index contributed by atoms with van der Waals surface area (Å²) < 4.78 is 9.28. The molecule has 0 radical (unpaired) electrons. The van der Waals surface area contributed by atoms with E-state index in [0.717, 1.165) is 32.3 Å². The molecule has 13 nitrogen and oxygen atoms in total. The van der Waals surface area contributed by atoms with E-state index >= 15 is 0 Å². The van der Waals surface area contributed by atoms with Gasteiger partial charge in [-0.1, -0.05) is 156 Å². The van der Waals surface area contributed by atoms with Crippen LogP contribution in [0, 0.1) is 39.0 Å². The molecule has 4 aromatic carbocycles. The number of rotatable bonds is 12. The Kier molecular flexibility index (Phi) is 35.7. The number of ketones is 1. The zero-order chi connectivity index (χ0) is 50.3. The molecule has 364 valence electrons. The van der Waals surface area contributed by atoms with Crippen LogP contribution in [0.5, 0.6) is 0 Å². The molecular weight excluding hydrogens is 994 g/mol. The molecule has 0 amide bonds. The van der Waals surface area contributed by atoms with Crippen LogP contribution in [0.3, 0.4) is 0 Å². The van der Waals surface area contributed by atoms with Crippen LogP contribution >= 0.6 is 50.8 Å². The Bertz CT molecular complexity index is 2450. The number of alkyl halides is 1. The maximum absolute atomic E-state index is 11.5. The number of carboxylic acids is 1. The normalized spacial score (nSPS) is 9.36. The maximum atomic E-state index is 11.5. The predicted molar refractivity (Wildman–Crippen MR) is 281 cm³/mol. The second kappa shape index (κ2) is 37.5. The number of halogens is 1. The zero-order valence-electron chi connectivity index (χ0n) is 40.9. The summed E-state index contributed by atoms with van der Waals surface area (Å²) in [4.78, 5) is 54.0.